The highest BCUT2D eigenvalue weighted by Crippen LogP contribution is 2.13. The molecule has 67 heavy (non-hydrogen) atoms. The molecule has 0 aliphatic carbocycles. The van der Waals surface area contributed by atoms with Crippen LogP contribution in [-0.2, 0) is 28.6 Å². The van der Waals surface area contributed by atoms with E-state index in [-0.39, 0.29) is 37.5 Å². The summed E-state index contributed by atoms with van der Waals surface area (Å²) in [5.41, 5.74) is 0. The van der Waals surface area contributed by atoms with Crippen LogP contribution in [0.5, 0.6) is 0 Å². The molecule has 0 aromatic carbocycles. The Kier molecular flexibility index (Phi) is 51.9. The van der Waals surface area contributed by atoms with Crippen molar-refractivity contribution < 1.29 is 28.6 Å². The molecular formula is C61H102O6. The van der Waals surface area contributed by atoms with Crippen LogP contribution in [0.1, 0.15) is 252 Å². The third-order valence-corrected chi connectivity index (χ3v) is 11.5. The summed E-state index contributed by atoms with van der Waals surface area (Å²) >= 11 is 0. The highest BCUT2D eigenvalue weighted by Gasteiger charge is 2.19. The summed E-state index contributed by atoms with van der Waals surface area (Å²) < 4.78 is 16.8. The van der Waals surface area contributed by atoms with Crippen LogP contribution in [-0.4, -0.2) is 37.2 Å². The summed E-state index contributed by atoms with van der Waals surface area (Å²) in [4.78, 5) is 38.1. The Morgan fingerprint density at radius 2 is 0.567 bits per heavy atom. The lowest BCUT2D eigenvalue weighted by Crippen LogP contribution is -2.30. The molecule has 0 aromatic heterocycles. The molecule has 0 spiro atoms. The van der Waals surface area contributed by atoms with Gasteiger partial charge in [-0.1, -0.05) is 214 Å². The minimum atomic E-state index is -0.817. The third kappa shape index (κ3) is 53.2. The number of allylic oxidation sites excluding steroid dienone is 16. The van der Waals surface area contributed by atoms with Gasteiger partial charge in [0.25, 0.3) is 0 Å². The van der Waals surface area contributed by atoms with Crippen molar-refractivity contribution in [3.05, 3.63) is 97.2 Å². The Bertz CT molecular complexity index is 1350. The van der Waals surface area contributed by atoms with Gasteiger partial charge in [0.2, 0.25) is 0 Å². The molecule has 0 saturated carbocycles. The van der Waals surface area contributed by atoms with Gasteiger partial charge in [-0.2, -0.15) is 0 Å². The average molecular weight is 931 g/mol. The zero-order valence-electron chi connectivity index (χ0n) is 43.6. The zero-order valence-corrected chi connectivity index (χ0v) is 43.6. The molecule has 0 rings (SSSR count). The van der Waals surface area contributed by atoms with Crippen molar-refractivity contribution >= 4 is 17.9 Å². The summed E-state index contributed by atoms with van der Waals surface area (Å²) in [5.74, 6) is -1.01. The lowest BCUT2D eigenvalue weighted by molar-refractivity contribution is -0.166. The van der Waals surface area contributed by atoms with Crippen molar-refractivity contribution in [2.24, 2.45) is 0 Å². The predicted octanol–water partition coefficient (Wildman–Crippen LogP) is 18.5. The largest absolute Gasteiger partial charge is 0.462 e. The molecule has 0 aliphatic rings. The van der Waals surface area contributed by atoms with Gasteiger partial charge < -0.3 is 14.2 Å². The molecule has 6 nitrogen and oxygen atoms in total. The Hall–Kier alpha value is -3.67. The van der Waals surface area contributed by atoms with Crippen LogP contribution in [0.3, 0.4) is 0 Å². The minimum Gasteiger partial charge on any atom is -0.462 e. The molecule has 0 amide bonds. The normalized spacial score (nSPS) is 12.8. The fraction of sp³-hybridized carbons (Fsp3) is 0.689. The molecule has 0 saturated heterocycles. The monoisotopic (exact) mass is 931 g/mol. The summed E-state index contributed by atoms with van der Waals surface area (Å²) in [5, 5.41) is 0. The number of unbranched alkanes of at least 4 members (excludes halogenated alkanes) is 22. The number of esters is 3. The van der Waals surface area contributed by atoms with E-state index in [0.29, 0.717) is 19.3 Å². The SMILES string of the molecule is CCCCC/C=C\C/C=C\C/C=C\C/C=C\C/C=C\CCC(=O)OC[C@H](COC(=O)CCCCCCCCC/C=C\CCCCCC)OC(=O)CCCCCCC/C=C\C/C=C\CCCCC. The molecule has 0 N–H and O–H groups in total. The summed E-state index contributed by atoms with van der Waals surface area (Å²) in [6.07, 6.45) is 72.5. The predicted molar refractivity (Wildman–Crippen MR) is 288 cm³/mol. The van der Waals surface area contributed by atoms with E-state index in [1.54, 1.807) is 0 Å². The first-order chi connectivity index (χ1) is 33.0. The van der Waals surface area contributed by atoms with Crippen molar-refractivity contribution in [2.45, 2.75) is 258 Å². The first kappa shape index (κ1) is 63.3. The first-order valence-electron chi connectivity index (χ1n) is 27.7. The van der Waals surface area contributed by atoms with E-state index in [4.69, 9.17) is 14.2 Å². The van der Waals surface area contributed by atoms with Crippen molar-refractivity contribution in [2.75, 3.05) is 13.2 Å². The topological polar surface area (TPSA) is 78.9 Å². The lowest BCUT2D eigenvalue weighted by Gasteiger charge is -2.18. The van der Waals surface area contributed by atoms with Crippen molar-refractivity contribution in [1.82, 2.24) is 0 Å². The Balaban J connectivity index is 4.53. The molecule has 6 heteroatoms. The van der Waals surface area contributed by atoms with E-state index in [0.717, 1.165) is 89.9 Å². The molecule has 0 unspecified atom stereocenters. The molecule has 0 heterocycles. The van der Waals surface area contributed by atoms with Crippen molar-refractivity contribution in [3.8, 4) is 0 Å². The number of hydrogen-bond acceptors (Lipinski definition) is 6. The molecule has 0 aromatic rings. The zero-order chi connectivity index (χ0) is 48.6. The number of hydrogen-bond donors (Lipinski definition) is 0. The molecule has 0 fully saturated rings. The highest BCUT2D eigenvalue weighted by atomic mass is 16.6. The van der Waals surface area contributed by atoms with Gasteiger partial charge in [-0.3, -0.25) is 14.4 Å². The standard InChI is InChI=1S/C61H102O6/c1-4-7-10-13-16-19-22-25-28-29-30-31-34-36-39-42-45-48-51-54-60(63)66-57-58(67-61(64)55-52-49-46-43-40-37-33-27-24-21-18-15-12-9-6-3)56-65-59(62)53-50-47-44-41-38-35-32-26-23-20-17-14-11-8-5-2/h16,18-21,23,25,27-28,30-31,33,36,39,45,48,58H,4-15,17,22,24,26,29,32,34-35,37-38,40-44,46-47,49-57H2,1-3H3/b19-16-,21-18-,23-20-,28-25-,31-30-,33-27-,39-36-,48-45-/t58-/m0/s1. The van der Waals surface area contributed by atoms with Gasteiger partial charge in [-0.05, 0) is 116 Å². The van der Waals surface area contributed by atoms with E-state index < -0.39 is 6.10 Å². The van der Waals surface area contributed by atoms with E-state index in [9.17, 15) is 14.4 Å². The van der Waals surface area contributed by atoms with Crippen LogP contribution in [0, 0.1) is 0 Å². The Labute approximate surface area is 413 Å². The maximum atomic E-state index is 12.8. The quantitative estimate of drug-likeness (QED) is 0.0262. The van der Waals surface area contributed by atoms with Crippen LogP contribution in [0.4, 0.5) is 0 Å². The third-order valence-electron chi connectivity index (χ3n) is 11.5. The summed E-state index contributed by atoms with van der Waals surface area (Å²) in [7, 11) is 0. The maximum Gasteiger partial charge on any atom is 0.306 e. The Morgan fingerprint density at radius 1 is 0.299 bits per heavy atom. The summed E-state index contributed by atoms with van der Waals surface area (Å²) in [6.45, 7) is 6.49. The fourth-order valence-electron chi connectivity index (χ4n) is 7.33. The molecular weight excluding hydrogens is 829 g/mol. The average Bonchev–Trinajstić information content (AvgIpc) is 3.33. The second-order valence-corrected chi connectivity index (χ2v) is 18.1. The number of ether oxygens (including phenoxy) is 3. The fourth-order valence-corrected chi connectivity index (χ4v) is 7.33. The minimum absolute atomic E-state index is 0.109. The van der Waals surface area contributed by atoms with E-state index >= 15 is 0 Å². The van der Waals surface area contributed by atoms with E-state index in [1.165, 1.54) is 116 Å². The molecule has 0 bridgehead atoms. The van der Waals surface area contributed by atoms with Crippen LogP contribution >= 0.6 is 0 Å². The van der Waals surface area contributed by atoms with Crippen molar-refractivity contribution in [1.29, 1.82) is 0 Å². The van der Waals surface area contributed by atoms with Gasteiger partial charge in [0, 0.05) is 19.3 Å². The van der Waals surface area contributed by atoms with Gasteiger partial charge in [0.05, 0.1) is 0 Å². The van der Waals surface area contributed by atoms with Crippen LogP contribution in [0.25, 0.3) is 0 Å². The number of carbonyl (C=O) groups excluding carboxylic acids is 3. The second-order valence-electron chi connectivity index (χ2n) is 18.1. The lowest BCUT2D eigenvalue weighted by atomic mass is 10.1. The van der Waals surface area contributed by atoms with Crippen molar-refractivity contribution in [3.63, 3.8) is 0 Å². The second kappa shape index (κ2) is 54.9. The van der Waals surface area contributed by atoms with Crippen LogP contribution < -0.4 is 0 Å². The number of carbonyl (C=O) groups is 3. The molecule has 382 valence electrons. The first-order valence-corrected chi connectivity index (χ1v) is 27.7. The molecule has 1 atom stereocenters. The smallest absolute Gasteiger partial charge is 0.306 e. The van der Waals surface area contributed by atoms with Gasteiger partial charge in [0.1, 0.15) is 13.2 Å². The van der Waals surface area contributed by atoms with Gasteiger partial charge >= 0.3 is 17.9 Å². The Morgan fingerprint density at radius 3 is 0.970 bits per heavy atom. The van der Waals surface area contributed by atoms with Crippen LogP contribution in [0.15, 0.2) is 97.2 Å². The van der Waals surface area contributed by atoms with Gasteiger partial charge in [0.15, 0.2) is 6.10 Å². The molecule has 0 aliphatic heterocycles. The summed E-state index contributed by atoms with van der Waals surface area (Å²) in [6, 6.07) is 0. The van der Waals surface area contributed by atoms with Gasteiger partial charge in [-0.15, -0.1) is 0 Å². The van der Waals surface area contributed by atoms with Crippen LogP contribution in [0.2, 0.25) is 0 Å². The van der Waals surface area contributed by atoms with Gasteiger partial charge in [-0.25, -0.2) is 0 Å². The highest BCUT2D eigenvalue weighted by molar-refractivity contribution is 5.71. The molecule has 0 radical (unpaired) electrons. The maximum absolute atomic E-state index is 12.8. The van der Waals surface area contributed by atoms with E-state index in [2.05, 4.69) is 112 Å². The van der Waals surface area contributed by atoms with E-state index in [1.807, 2.05) is 6.08 Å². The number of rotatable bonds is 49.